The molecule has 2 aliphatic rings. The van der Waals surface area contributed by atoms with Crippen LogP contribution in [0.3, 0.4) is 0 Å². The van der Waals surface area contributed by atoms with E-state index in [4.69, 9.17) is 14.2 Å². The number of carbonyl (C=O) groups excluding carboxylic acids is 3. The summed E-state index contributed by atoms with van der Waals surface area (Å²) in [6.07, 6.45) is -2.55. The summed E-state index contributed by atoms with van der Waals surface area (Å²) in [5.41, 5.74) is -0.556. The third-order valence-electron chi connectivity index (χ3n) is 5.85. The lowest BCUT2D eigenvalue weighted by Gasteiger charge is -2.24. The Morgan fingerprint density at radius 2 is 1.55 bits per heavy atom. The van der Waals surface area contributed by atoms with Gasteiger partial charge in [0.15, 0.2) is 5.41 Å². The summed E-state index contributed by atoms with van der Waals surface area (Å²) in [5.74, 6) is -2.41. The average Bonchev–Trinajstić information content (AvgIpc) is 3.15. The summed E-state index contributed by atoms with van der Waals surface area (Å²) >= 11 is 0. The van der Waals surface area contributed by atoms with Crippen LogP contribution >= 0.6 is 0 Å². The number of esters is 3. The van der Waals surface area contributed by atoms with Crippen LogP contribution in [0.1, 0.15) is 30.4 Å². The topological polar surface area (TPSA) is 78.9 Å². The third kappa shape index (κ3) is 3.96. The number of allylic oxidation sites excluding steroid dienone is 2. The number of halogens is 3. The first-order chi connectivity index (χ1) is 14.6. The smallest absolute Gasteiger partial charge is 0.416 e. The maximum atomic E-state index is 12.9. The second-order valence-corrected chi connectivity index (χ2v) is 7.53. The van der Waals surface area contributed by atoms with Crippen molar-refractivity contribution in [3.8, 4) is 0 Å². The van der Waals surface area contributed by atoms with Crippen LogP contribution in [-0.2, 0) is 34.8 Å². The van der Waals surface area contributed by atoms with E-state index < -0.39 is 35.1 Å². The number of methoxy groups -OCH3 is 3. The highest BCUT2D eigenvalue weighted by atomic mass is 19.4. The predicted octanol–water partition coefficient (Wildman–Crippen LogP) is 3.70. The van der Waals surface area contributed by atoms with E-state index >= 15 is 0 Å². The summed E-state index contributed by atoms with van der Waals surface area (Å²) < 4.78 is 53.3. The Hall–Kier alpha value is -3.10. The number of rotatable bonds is 4. The van der Waals surface area contributed by atoms with Gasteiger partial charge in [-0.15, -0.1) is 0 Å². The first-order valence-corrected chi connectivity index (χ1v) is 9.43. The molecule has 31 heavy (non-hydrogen) atoms. The number of ether oxygens (including phenoxy) is 3. The van der Waals surface area contributed by atoms with Crippen LogP contribution in [-0.4, -0.2) is 39.2 Å². The van der Waals surface area contributed by atoms with E-state index in [-0.39, 0.29) is 30.8 Å². The summed E-state index contributed by atoms with van der Waals surface area (Å²) in [7, 11) is 3.55. The Labute approximate surface area is 176 Å². The zero-order chi connectivity index (χ0) is 23.0. The largest absolute Gasteiger partial charge is 0.468 e. The second-order valence-electron chi connectivity index (χ2n) is 7.53. The second kappa shape index (κ2) is 8.20. The highest BCUT2D eigenvalue weighted by Crippen LogP contribution is 2.53. The molecule has 2 aliphatic carbocycles. The highest BCUT2D eigenvalue weighted by molar-refractivity contribution is 6.04. The van der Waals surface area contributed by atoms with Gasteiger partial charge in [0.1, 0.15) is 0 Å². The van der Waals surface area contributed by atoms with E-state index in [0.717, 1.165) is 12.1 Å². The fourth-order valence-corrected chi connectivity index (χ4v) is 4.33. The van der Waals surface area contributed by atoms with Crippen molar-refractivity contribution in [3.05, 3.63) is 52.6 Å². The van der Waals surface area contributed by atoms with Crippen LogP contribution in [0.15, 0.2) is 41.5 Å². The molecule has 1 fully saturated rings. The number of benzene rings is 1. The molecule has 9 heteroatoms. The van der Waals surface area contributed by atoms with Crippen molar-refractivity contribution >= 4 is 23.5 Å². The van der Waals surface area contributed by atoms with E-state index in [2.05, 4.69) is 0 Å². The summed E-state index contributed by atoms with van der Waals surface area (Å²) in [6, 6.07) is 4.47. The molecule has 1 aromatic rings. The van der Waals surface area contributed by atoms with Gasteiger partial charge in [-0.05, 0) is 54.5 Å². The van der Waals surface area contributed by atoms with Crippen molar-refractivity contribution < 1.29 is 41.8 Å². The number of hydrogen-bond acceptors (Lipinski definition) is 6. The summed E-state index contributed by atoms with van der Waals surface area (Å²) in [4.78, 5) is 37.4. The fourth-order valence-electron chi connectivity index (χ4n) is 4.33. The quantitative estimate of drug-likeness (QED) is 0.405. The lowest BCUT2D eigenvalue weighted by atomic mass is 9.81. The number of carbonyl (C=O) groups is 3. The Morgan fingerprint density at radius 1 is 0.968 bits per heavy atom. The van der Waals surface area contributed by atoms with Crippen molar-refractivity contribution in [2.75, 3.05) is 21.3 Å². The molecule has 0 aliphatic heterocycles. The van der Waals surface area contributed by atoms with E-state index in [0.29, 0.717) is 16.7 Å². The van der Waals surface area contributed by atoms with E-state index in [9.17, 15) is 27.6 Å². The predicted molar refractivity (Wildman–Crippen MR) is 102 cm³/mol. The summed E-state index contributed by atoms with van der Waals surface area (Å²) in [6.45, 7) is 0. The minimum absolute atomic E-state index is 0.0256. The van der Waals surface area contributed by atoms with Gasteiger partial charge in [-0.25, -0.2) is 4.79 Å². The molecule has 0 amide bonds. The molecule has 0 spiro atoms. The first kappa shape index (κ1) is 22.6. The fraction of sp³-hybridized carbons (Fsp3) is 0.409. The molecule has 166 valence electrons. The number of alkyl halides is 3. The van der Waals surface area contributed by atoms with Crippen LogP contribution in [0.2, 0.25) is 0 Å². The molecular formula is C22H21F3O6. The van der Waals surface area contributed by atoms with Gasteiger partial charge in [-0.2, -0.15) is 13.2 Å². The van der Waals surface area contributed by atoms with Crippen LogP contribution in [0, 0.1) is 11.3 Å². The van der Waals surface area contributed by atoms with Crippen molar-refractivity contribution in [3.63, 3.8) is 0 Å². The minimum Gasteiger partial charge on any atom is -0.468 e. The monoisotopic (exact) mass is 438 g/mol. The highest BCUT2D eigenvalue weighted by Gasteiger charge is 2.56. The van der Waals surface area contributed by atoms with Crippen LogP contribution < -0.4 is 0 Å². The molecule has 0 saturated heterocycles. The molecule has 0 bridgehead atoms. The maximum absolute atomic E-state index is 12.9. The standard InChI is InChI=1S/C22H21F3O6/c1-29-18(26)17-9-14-11-21(19(27)30-2,20(28)31-3)10-13(14)8-16(17)12-4-6-15(7-5-12)22(23,24)25/h4-7,9,13H,8,10-11H2,1-3H3/t13-/m1/s1. The van der Waals surface area contributed by atoms with Gasteiger partial charge < -0.3 is 14.2 Å². The van der Waals surface area contributed by atoms with E-state index in [1.54, 1.807) is 6.08 Å². The van der Waals surface area contributed by atoms with Gasteiger partial charge in [0.25, 0.3) is 0 Å². The normalized spacial score (nSPS) is 19.9. The van der Waals surface area contributed by atoms with Gasteiger partial charge in [-0.3, -0.25) is 9.59 Å². The average molecular weight is 438 g/mol. The number of hydrogen-bond donors (Lipinski definition) is 0. The molecular weight excluding hydrogens is 417 g/mol. The summed E-state index contributed by atoms with van der Waals surface area (Å²) in [5, 5.41) is 0. The lowest BCUT2D eigenvalue weighted by molar-refractivity contribution is -0.168. The molecule has 0 heterocycles. The zero-order valence-electron chi connectivity index (χ0n) is 17.2. The van der Waals surface area contributed by atoms with Crippen LogP contribution in [0.5, 0.6) is 0 Å². The Bertz CT molecular complexity index is 956. The molecule has 3 rings (SSSR count). The van der Waals surface area contributed by atoms with Gasteiger partial charge >= 0.3 is 24.1 Å². The van der Waals surface area contributed by atoms with Crippen LogP contribution in [0.4, 0.5) is 13.2 Å². The van der Waals surface area contributed by atoms with Gasteiger partial charge in [-0.1, -0.05) is 17.7 Å². The zero-order valence-corrected chi connectivity index (χ0v) is 17.2. The molecule has 1 atom stereocenters. The molecule has 0 unspecified atom stereocenters. The lowest BCUT2D eigenvalue weighted by Crippen LogP contribution is -2.39. The van der Waals surface area contributed by atoms with E-state index in [1.807, 2.05) is 0 Å². The molecule has 6 nitrogen and oxygen atoms in total. The first-order valence-electron chi connectivity index (χ1n) is 9.43. The Morgan fingerprint density at radius 3 is 2.03 bits per heavy atom. The minimum atomic E-state index is -4.48. The molecule has 0 N–H and O–H groups in total. The van der Waals surface area contributed by atoms with Gasteiger partial charge in [0.2, 0.25) is 0 Å². The van der Waals surface area contributed by atoms with Crippen molar-refractivity contribution in [1.82, 2.24) is 0 Å². The molecule has 1 aromatic carbocycles. The molecule has 1 saturated carbocycles. The number of fused-ring (bicyclic) bond motifs is 1. The Kier molecular flexibility index (Phi) is 5.98. The van der Waals surface area contributed by atoms with Gasteiger partial charge in [0, 0.05) is 0 Å². The maximum Gasteiger partial charge on any atom is 0.416 e. The van der Waals surface area contributed by atoms with Crippen molar-refractivity contribution in [1.29, 1.82) is 0 Å². The third-order valence-corrected chi connectivity index (χ3v) is 5.85. The molecule has 0 aromatic heterocycles. The van der Waals surface area contributed by atoms with Crippen molar-refractivity contribution in [2.45, 2.75) is 25.4 Å². The van der Waals surface area contributed by atoms with Gasteiger partial charge in [0.05, 0.1) is 32.5 Å². The van der Waals surface area contributed by atoms with E-state index in [1.165, 1.54) is 33.5 Å². The SMILES string of the molecule is COC(=O)C1=C(c2ccc(C(F)(F)F)cc2)C[C@@H]2CC(C(=O)OC)(C(=O)OC)CC2=C1. The molecule has 0 radical (unpaired) electrons. The Balaban J connectivity index is 2.03. The van der Waals surface area contributed by atoms with Crippen LogP contribution in [0.25, 0.3) is 5.57 Å². The van der Waals surface area contributed by atoms with Crippen molar-refractivity contribution in [2.24, 2.45) is 11.3 Å².